The van der Waals surface area contributed by atoms with E-state index < -0.39 is 0 Å². The standard InChI is InChI=1S/C18H12Cl2N2O3S/c19-11-2-1-3-12(20)16(11)21-18-22-17(23)15(26-18)9-10-4-5-13-14(8-10)25-7-6-24-13/h1-5,8-9H,6-7H2,(H,21,22,23). The molecule has 0 spiro atoms. The molecule has 8 heteroatoms. The molecule has 2 aliphatic heterocycles. The fourth-order valence-electron chi connectivity index (χ4n) is 2.48. The van der Waals surface area contributed by atoms with Crippen LogP contribution in [0.5, 0.6) is 11.5 Å². The van der Waals surface area contributed by atoms with Gasteiger partial charge in [-0.05, 0) is 47.7 Å². The molecule has 2 aliphatic rings. The van der Waals surface area contributed by atoms with E-state index in [1.165, 1.54) is 11.8 Å². The fourth-order valence-corrected chi connectivity index (χ4v) is 3.79. The molecule has 0 saturated carbocycles. The minimum absolute atomic E-state index is 0.230. The van der Waals surface area contributed by atoms with Crippen LogP contribution >= 0.6 is 35.0 Å². The van der Waals surface area contributed by atoms with Crippen molar-refractivity contribution in [2.75, 3.05) is 13.2 Å². The summed E-state index contributed by atoms with van der Waals surface area (Å²) in [6.07, 6.45) is 1.77. The van der Waals surface area contributed by atoms with E-state index in [9.17, 15) is 4.79 Å². The molecule has 1 saturated heterocycles. The third-order valence-corrected chi connectivity index (χ3v) is 5.19. The molecule has 0 bridgehead atoms. The van der Waals surface area contributed by atoms with Gasteiger partial charge in [0.2, 0.25) is 0 Å². The molecule has 2 heterocycles. The van der Waals surface area contributed by atoms with E-state index in [1.54, 1.807) is 24.3 Å². The quantitative estimate of drug-likeness (QED) is 0.736. The van der Waals surface area contributed by atoms with E-state index in [2.05, 4.69) is 10.3 Å². The average Bonchev–Trinajstić information content (AvgIpc) is 2.97. The van der Waals surface area contributed by atoms with Gasteiger partial charge in [-0.3, -0.25) is 4.79 Å². The lowest BCUT2D eigenvalue weighted by atomic mass is 10.2. The molecule has 0 atom stereocenters. The molecule has 2 aromatic carbocycles. The van der Waals surface area contributed by atoms with Gasteiger partial charge in [0, 0.05) is 0 Å². The summed E-state index contributed by atoms with van der Waals surface area (Å²) in [4.78, 5) is 17.1. The molecule has 0 aliphatic carbocycles. The summed E-state index contributed by atoms with van der Waals surface area (Å²) in [5.41, 5.74) is 1.27. The molecule has 4 rings (SSSR count). The number of ether oxygens (including phenoxy) is 2. The number of thioether (sulfide) groups is 1. The minimum atomic E-state index is -0.230. The van der Waals surface area contributed by atoms with Gasteiger partial charge in [0.25, 0.3) is 5.91 Å². The van der Waals surface area contributed by atoms with Gasteiger partial charge in [-0.2, -0.15) is 0 Å². The summed E-state index contributed by atoms with van der Waals surface area (Å²) >= 11 is 13.5. The summed E-state index contributed by atoms with van der Waals surface area (Å²) in [7, 11) is 0. The van der Waals surface area contributed by atoms with Crippen LogP contribution in [0.3, 0.4) is 0 Å². The predicted octanol–water partition coefficient (Wildman–Crippen LogP) is 4.66. The second-order valence-electron chi connectivity index (χ2n) is 5.46. The van der Waals surface area contributed by atoms with Crippen molar-refractivity contribution in [1.82, 2.24) is 5.32 Å². The van der Waals surface area contributed by atoms with Crippen molar-refractivity contribution in [1.29, 1.82) is 0 Å². The lowest BCUT2D eigenvalue weighted by molar-refractivity contribution is -0.115. The molecule has 1 fully saturated rings. The van der Waals surface area contributed by atoms with Crippen LogP contribution in [0.15, 0.2) is 46.3 Å². The number of benzene rings is 2. The van der Waals surface area contributed by atoms with Crippen LogP contribution in [0.2, 0.25) is 10.0 Å². The topological polar surface area (TPSA) is 59.9 Å². The smallest absolute Gasteiger partial charge is 0.264 e. The maximum absolute atomic E-state index is 12.2. The highest BCUT2D eigenvalue weighted by Gasteiger charge is 2.24. The minimum Gasteiger partial charge on any atom is -0.486 e. The molecule has 1 N–H and O–H groups in total. The molecule has 1 amide bonds. The average molecular weight is 407 g/mol. The molecule has 0 radical (unpaired) electrons. The Labute approximate surface area is 164 Å². The summed E-state index contributed by atoms with van der Waals surface area (Å²) in [6.45, 7) is 1.05. The zero-order chi connectivity index (χ0) is 18.1. The molecular weight excluding hydrogens is 395 g/mol. The first-order valence-electron chi connectivity index (χ1n) is 7.73. The van der Waals surface area contributed by atoms with Gasteiger partial charge in [-0.1, -0.05) is 35.3 Å². The predicted molar refractivity (Wildman–Crippen MR) is 105 cm³/mol. The third-order valence-electron chi connectivity index (χ3n) is 3.67. The maximum Gasteiger partial charge on any atom is 0.264 e. The van der Waals surface area contributed by atoms with Gasteiger partial charge in [-0.25, -0.2) is 4.99 Å². The first-order chi connectivity index (χ1) is 12.6. The monoisotopic (exact) mass is 406 g/mol. The molecule has 0 unspecified atom stereocenters. The van der Waals surface area contributed by atoms with Gasteiger partial charge in [0.1, 0.15) is 18.9 Å². The van der Waals surface area contributed by atoms with Crippen LogP contribution < -0.4 is 14.8 Å². The number of carbonyl (C=O) groups excluding carboxylic acids is 1. The second-order valence-corrected chi connectivity index (χ2v) is 7.30. The Kier molecular flexibility index (Phi) is 4.80. The van der Waals surface area contributed by atoms with E-state index in [0.29, 0.717) is 50.5 Å². The zero-order valence-corrected chi connectivity index (χ0v) is 15.6. The number of nitrogens with one attached hydrogen (secondary N) is 1. The van der Waals surface area contributed by atoms with Crippen LogP contribution in [0.4, 0.5) is 5.69 Å². The Bertz CT molecular complexity index is 939. The fraction of sp³-hybridized carbons (Fsp3) is 0.111. The summed E-state index contributed by atoms with van der Waals surface area (Å²) in [5.74, 6) is 1.15. The molecule has 5 nitrogen and oxygen atoms in total. The van der Waals surface area contributed by atoms with Crippen LogP contribution in [-0.2, 0) is 4.79 Å². The van der Waals surface area contributed by atoms with Crippen LogP contribution in [-0.4, -0.2) is 24.3 Å². The molecule has 2 aromatic rings. The number of carbonyl (C=O) groups is 1. The van der Waals surface area contributed by atoms with Crippen molar-refractivity contribution in [3.8, 4) is 11.5 Å². The Morgan fingerprint density at radius 1 is 1.08 bits per heavy atom. The summed E-state index contributed by atoms with van der Waals surface area (Å²) in [6, 6.07) is 10.7. The first kappa shape index (κ1) is 17.3. The number of halogens is 2. The Balaban J connectivity index is 1.60. The van der Waals surface area contributed by atoms with Gasteiger partial charge in [0.05, 0.1) is 15.0 Å². The van der Waals surface area contributed by atoms with Crippen molar-refractivity contribution >= 4 is 57.8 Å². The summed E-state index contributed by atoms with van der Waals surface area (Å²) < 4.78 is 11.1. The van der Waals surface area contributed by atoms with Crippen LogP contribution in [0, 0.1) is 0 Å². The SMILES string of the molecule is O=C1NC(=Nc2c(Cl)cccc2Cl)SC1=Cc1ccc2c(c1)OCCO2. The molecule has 26 heavy (non-hydrogen) atoms. The molecule has 0 aromatic heterocycles. The molecule has 132 valence electrons. The summed E-state index contributed by atoms with van der Waals surface area (Å²) in [5, 5.41) is 3.99. The number of para-hydroxylation sites is 1. The van der Waals surface area contributed by atoms with E-state index in [4.69, 9.17) is 32.7 Å². The number of hydrogen-bond acceptors (Lipinski definition) is 5. The number of amidine groups is 1. The van der Waals surface area contributed by atoms with Crippen molar-refractivity contribution in [3.05, 3.63) is 56.9 Å². The van der Waals surface area contributed by atoms with Crippen molar-refractivity contribution in [3.63, 3.8) is 0 Å². The van der Waals surface area contributed by atoms with Crippen molar-refractivity contribution < 1.29 is 14.3 Å². The number of amides is 1. The zero-order valence-electron chi connectivity index (χ0n) is 13.3. The highest BCUT2D eigenvalue weighted by atomic mass is 35.5. The lowest BCUT2D eigenvalue weighted by Crippen LogP contribution is -2.19. The van der Waals surface area contributed by atoms with E-state index in [1.807, 2.05) is 18.2 Å². The number of hydrogen-bond donors (Lipinski definition) is 1. The Morgan fingerprint density at radius 2 is 1.81 bits per heavy atom. The number of fused-ring (bicyclic) bond motifs is 1. The number of aliphatic imine (C=N–C) groups is 1. The normalized spacial score (nSPS) is 19.1. The van der Waals surface area contributed by atoms with Gasteiger partial charge in [-0.15, -0.1) is 0 Å². The highest BCUT2D eigenvalue weighted by molar-refractivity contribution is 8.18. The first-order valence-corrected chi connectivity index (χ1v) is 9.30. The van der Waals surface area contributed by atoms with E-state index in [0.717, 1.165) is 5.56 Å². The molecular formula is C18H12Cl2N2O3S. The van der Waals surface area contributed by atoms with Gasteiger partial charge < -0.3 is 14.8 Å². The Morgan fingerprint density at radius 3 is 2.58 bits per heavy atom. The van der Waals surface area contributed by atoms with Gasteiger partial charge in [0.15, 0.2) is 16.7 Å². The maximum atomic E-state index is 12.2. The largest absolute Gasteiger partial charge is 0.486 e. The Hall–Kier alpha value is -2.15. The van der Waals surface area contributed by atoms with Crippen LogP contribution in [0.1, 0.15) is 5.56 Å². The van der Waals surface area contributed by atoms with E-state index in [-0.39, 0.29) is 5.91 Å². The van der Waals surface area contributed by atoms with Crippen molar-refractivity contribution in [2.45, 2.75) is 0 Å². The van der Waals surface area contributed by atoms with Crippen LogP contribution in [0.25, 0.3) is 6.08 Å². The third kappa shape index (κ3) is 3.53. The second kappa shape index (κ2) is 7.23. The van der Waals surface area contributed by atoms with Gasteiger partial charge >= 0.3 is 0 Å². The highest BCUT2D eigenvalue weighted by Crippen LogP contribution is 2.36. The lowest BCUT2D eigenvalue weighted by Gasteiger charge is -2.18. The van der Waals surface area contributed by atoms with Crippen molar-refractivity contribution in [2.24, 2.45) is 4.99 Å². The number of nitrogens with zero attached hydrogens (tertiary/aromatic N) is 1. The number of rotatable bonds is 2. The van der Waals surface area contributed by atoms with E-state index >= 15 is 0 Å².